The van der Waals surface area contributed by atoms with Crippen LogP contribution in [0.25, 0.3) is 0 Å². The van der Waals surface area contributed by atoms with Crippen LogP contribution in [-0.4, -0.2) is 36.5 Å². The molecule has 0 saturated carbocycles. The molecule has 1 amide bonds. The van der Waals surface area contributed by atoms with E-state index in [-0.39, 0.29) is 5.91 Å². The van der Waals surface area contributed by atoms with Crippen molar-refractivity contribution in [1.29, 1.82) is 0 Å². The summed E-state index contributed by atoms with van der Waals surface area (Å²) >= 11 is 5.85. The first kappa shape index (κ1) is 15.1. The average Bonchev–Trinajstić information content (AvgIpc) is 2.88. The van der Waals surface area contributed by atoms with Gasteiger partial charge in [0.2, 0.25) is 0 Å². The predicted octanol–water partition coefficient (Wildman–Crippen LogP) is 2.38. The Bertz CT molecular complexity index is 490. The summed E-state index contributed by atoms with van der Waals surface area (Å²) in [6, 6.07) is 5.55. The van der Waals surface area contributed by atoms with Crippen LogP contribution in [0.15, 0.2) is 18.2 Å². The first-order valence-electron chi connectivity index (χ1n) is 7.04. The quantitative estimate of drug-likeness (QED) is 0.839. The molecule has 1 fully saturated rings. The van der Waals surface area contributed by atoms with Crippen LogP contribution in [0.1, 0.15) is 30.6 Å². The van der Waals surface area contributed by atoms with Gasteiger partial charge in [0, 0.05) is 24.7 Å². The third-order valence-corrected chi connectivity index (χ3v) is 4.20. The lowest BCUT2D eigenvalue weighted by atomic mass is 10.1. The maximum Gasteiger partial charge on any atom is 0.251 e. The normalized spacial score (nSPS) is 19.5. The number of carbonyl (C=O) groups is 1. The topological polar surface area (TPSA) is 58.4 Å². The third kappa shape index (κ3) is 3.64. The molecule has 2 rings (SSSR count). The number of hydrogen-bond acceptors (Lipinski definition) is 3. The third-order valence-electron chi connectivity index (χ3n) is 3.86. The van der Waals surface area contributed by atoms with Crippen molar-refractivity contribution in [2.75, 3.05) is 25.4 Å². The van der Waals surface area contributed by atoms with Crippen LogP contribution in [0.4, 0.5) is 5.69 Å². The first-order valence-corrected chi connectivity index (χ1v) is 7.42. The van der Waals surface area contributed by atoms with Crippen molar-refractivity contribution in [2.45, 2.75) is 26.3 Å². The zero-order valence-corrected chi connectivity index (χ0v) is 12.8. The Kier molecular flexibility index (Phi) is 4.89. The van der Waals surface area contributed by atoms with Gasteiger partial charge in [-0.25, -0.2) is 0 Å². The van der Waals surface area contributed by atoms with Crippen LogP contribution in [0.2, 0.25) is 5.02 Å². The van der Waals surface area contributed by atoms with E-state index in [4.69, 9.17) is 17.3 Å². The number of nitrogens with one attached hydrogen (secondary N) is 1. The van der Waals surface area contributed by atoms with Crippen LogP contribution >= 0.6 is 11.6 Å². The summed E-state index contributed by atoms with van der Waals surface area (Å²) in [6.45, 7) is 7.30. The number of nitrogen functional groups attached to an aromatic ring is 1. The minimum Gasteiger partial charge on any atom is -0.398 e. The Hall–Kier alpha value is -1.26. The minimum atomic E-state index is -0.0867. The van der Waals surface area contributed by atoms with Crippen LogP contribution in [0, 0.1) is 5.92 Å². The molecule has 1 aromatic rings. The molecule has 4 nitrogen and oxygen atoms in total. The molecule has 1 atom stereocenters. The summed E-state index contributed by atoms with van der Waals surface area (Å²) in [5, 5.41) is 3.46. The van der Waals surface area contributed by atoms with Crippen molar-refractivity contribution in [2.24, 2.45) is 5.92 Å². The van der Waals surface area contributed by atoms with Gasteiger partial charge in [-0.2, -0.15) is 0 Å². The monoisotopic (exact) mass is 295 g/mol. The van der Waals surface area contributed by atoms with E-state index in [1.807, 2.05) is 0 Å². The van der Waals surface area contributed by atoms with E-state index in [0.717, 1.165) is 19.5 Å². The number of carbonyl (C=O) groups excluding carboxylic acids is 1. The van der Waals surface area contributed by atoms with E-state index in [0.29, 0.717) is 34.8 Å². The number of nitrogens with zero attached hydrogens (tertiary/aromatic N) is 1. The molecule has 0 spiro atoms. The first-order chi connectivity index (χ1) is 9.47. The van der Waals surface area contributed by atoms with Gasteiger partial charge in [0.25, 0.3) is 5.91 Å². The Balaban J connectivity index is 1.85. The number of halogens is 1. The molecular formula is C15H22ClN3O. The van der Waals surface area contributed by atoms with E-state index in [1.54, 1.807) is 18.2 Å². The van der Waals surface area contributed by atoms with Gasteiger partial charge in [-0.15, -0.1) is 0 Å². The van der Waals surface area contributed by atoms with Crippen molar-refractivity contribution in [3.8, 4) is 0 Å². The van der Waals surface area contributed by atoms with Gasteiger partial charge in [0.15, 0.2) is 0 Å². The number of anilines is 1. The molecule has 0 radical (unpaired) electrons. The van der Waals surface area contributed by atoms with Gasteiger partial charge >= 0.3 is 0 Å². The SMILES string of the molecule is CC(C)N1CCC(CNC(=O)c2ccc(Cl)c(N)c2)C1. The molecule has 5 heteroatoms. The Labute approximate surface area is 125 Å². The van der Waals surface area contributed by atoms with Gasteiger partial charge < -0.3 is 16.0 Å². The average molecular weight is 296 g/mol. The molecule has 3 N–H and O–H groups in total. The second-order valence-electron chi connectivity index (χ2n) is 5.69. The summed E-state index contributed by atoms with van der Waals surface area (Å²) in [4.78, 5) is 14.5. The zero-order valence-electron chi connectivity index (χ0n) is 12.0. The number of hydrogen-bond donors (Lipinski definition) is 2. The van der Waals surface area contributed by atoms with Crippen molar-refractivity contribution in [1.82, 2.24) is 10.2 Å². The minimum absolute atomic E-state index is 0.0867. The molecule has 1 unspecified atom stereocenters. The molecule has 1 aliphatic heterocycles. The zero-order chi connectivity index (χ0) is 14.7. The largest absolute Gasteiger partial charge is 0.398 e. The fourth-order valence-electron chi connectivity index (χ4n) is 2.52. The summed E-state index contributed by atoms with van der Waals surface area (Å²) < 4.78 is 0. The fraction of sp³-hybridized carbons (Fsp3) is 0.533. The van der Waals surface area contributed by atoms with E-state index in [1.165, 1.54) is 0 Å². The summed E-state index contributed by atoms with van der Waals surface area (Å²) in [5.74, 6) is 0.447. The number of nitrogens with two attached hydrogens (primary N) is 1. The molecule has 1 saturated heterocycles. The smallest absolute Gasteiger partial charge is 0.251 e. The van der Waals surface area contributed by atoms with Crippen molar-refractivity contribution in [3.05, 3.63) is 28.8 Å². The highest BCUT2D eigenvalue weighted by Crippen LogP contribution is 2.20. The van der Waals surface area contributed by atoms with Gasteiger partial charge in [0.1, 0.15) is 0 Å². The Morgan fingerprint density at radius 1 is 1.55 bits per heavy atom. The van der Waals surface area contributed by atoms with E-state index in [2.05, 4.69) is 24.1 Å². The van der Waals surface area contributed by atoms with Crippen molar-refractivity contribution >= 4 is 23.2 Å². The Morgan fingerprint density at radius 2 is 2.30 bits per heavy atom. The van der Waals surface area contributed by atoms with Crippen LogP contribution < -0.4 is 11.1 Å². The van der Waals surface area contributed by atoms with E-state index in [9.17, 15) is 4.79 Å². The van der Waals surface area contributed by atoms with Gasteiger partial charge in [-0.3, -0.25) is 4.79 Å². The van der Waals surface area contributed by atoms with Crippen LogP contribution in [0.5, 0.6) is 0 Å². The van der Waals surface area contributed by atoms with E-state index < -0.39 is 0 Å². The molecule has 20 heavy (non-hydrogen) atoms. The maximum atomic E-state index is 12.1. The second kappa shape index (κ2) is 6.46. The van der Waals surface area contributed by atoms with Crippen LogP contribution in [0.3, 0.4) is 0 Å². The molecule has 0 aliphatic carbocycles. The van der Waals surface area contributed by atoms with Gasteiger partial charge in [-0.1, -0.05) is 11.6 Å². The lowest BCUT2D eigenvalue weighted by Gasteiger charge is -2.20. The molecule has 0 bridgehead atoms. The number of likely N-dealkylation sites (tertiary alicyclic amines) is 1. The van der Waals surface area contributed by atoms with Gasteiger partial charge in [0.05, 0.1) is 10.7 Å². The molecule has 1 aliphatic rings. The van der Waals surface area contributed by atoms with E-state index >= 15 is 0 Å². The lowest BCUT2D eigenvalue weighted by Crippen LogP contribution is -2.33. The molecule has 1 heterocycles. The molecule has 0 aromatic heterocycles. The fourth-order valence-corrected chi connectivity index (χ4v) is 2.64. The summed E-state index contributed by atoms with van der Waals surface area (Å²) in [7, 11) is 0. The molecule has 1 aromatic carbocycles. The maximum absolute atomic E-state index is 12.1. The standard InChI is InChI=1S/C15H22ClN3O/c1-10(2)19-6-5-11(9-19)8-18-15(20)12-3-4-13(16)14(17)7-12/h3-4,7,10-11H,5-6,8-9,17H2,1-2H3,(H,18,20). The lowest BCUT2D eigenvalue weighted by molar-refractivity contribution is 0.0947. The van der Waals surface area contributed by atoms with Crippen molar-refractivity contribution < 1.29 is 4.79 Å². The highest BCUT2D eigenvalue weighted by Gasteiger charge is 2.24. The van der Waals surface area contributed by atoms with Crippen molar-refractivity contribution in [3.63, 3.8) is 0 Å². The summed E-state index contributed by atoms with van der Waals surface area (Å²) in [6.07, 6.45) is 1.14. The summed E-state index contributed by atoms with van der Waals surface area (Å²) in [5.41, 5.74) is 6.71. The van der Waals surface area contributed by atoms with Crippen LogP contribution in [-0.2, 0) is 0 Å². The number of rotatable bonds is 4. The highest BCUT2D eigenvalue weighted by atomic mass is 35.5. The molecule has 110 valence electrons. The Morgan fingerprint density at radius 3 is 2.90 bits per heavy atom. The predicted molar refractivity (Wildman–Crippen MR) is 83.0 cm³/mol. The van der Waals surface area contributed by atoms with Gasteiger partial charge in [-0.05, 0) is 50.9 Å². The second-order valence-corrected chi connectivity index (χ2v) is 6.10. The number of benzene rings is 1. The molecular weight excluding hydrogens is 274 g/mol. The number of amides is 1. The highest BCUT2D eigenvalue weighted by molar-refractivity contribution is 6.33.